The highest BCUT2D eigenvalue weighted by Crippen LogP contribution is 2.30. The molecule has 0 spiro atoms. The van der Waals surface area contributed by atoms with Gasteiger partial charge < -0.3 is 10.2 Å². The largest absolute Gasteiger partial charge is 0.311 e. The number of nitrogens with two attached hydrogens (primary N) is 1. The van der Waals surface area contributed by atoms with E-state index in [4.69, 9.17) is 5.14 Å². The van der Waals surface area contributed by atoms with E-state index in [1.54, 1.807) is 41.2 Å². The molecule has 0 fully saturated rings. The number of amides is 2. The summed E-state index contributed by atoms with van der Waals surface area (Å²) in [5.41, 5.74) is 1.42. The Morgan fingerprint density at radius 3 is 2.69 bits per heavy atom. The molecular formula is C18H20BrN5O4S. The normalized spacial score (nSPS) is 13.4. The van der Waals surface area contributed by atoms with Crippen molar-refractivity contribution in [1.82, 2.24) is 9.88 Å². The lowest BCUT2D eigenvalue weighted by Crippen LogP contribution is -2.40. The van der Waals surface area contributed by atoms with Crippen LogP contribution in [0.4, 0.5) is 11.5 Å². The lowest BCUT2D eigenvalue weighted by atomic mass is 10.2. The van der Waals surface area contributed by atoms with Crippen LogP contribution in [0.25, 0.3) is 0 Å². The molecule has 0 atom stereocenters. The number of nitrogens with zero attached hydrogens (tertiary/aromatic N) is 3. The predicted octanol–water partition coefficient (Wildman–Crippen LogP) is 0.951. The van der Waals surface area contributed by atoms with Gasteiger partial charge in [-0.15, -0.1) is 0 Å². The molecule has 0 saturated heterocycles. The third kappa shape index (κ3) is 5.38. The SMILES string of the molecule is CN(CC(=O)Nc1ccc(Br)cn1)CC(=O)N1CCc2cc(S(N)(=O)=O)ccc21. The van der Waals surface area contributed by atoms with Gasteiger partial charge in [-0.05, 0) is 65.3 Å². The molecule has 0 saturated carbocycles. The number of primary sulfonamides is 1. The van der Waals surface area contributed by atoms with Gasteiger partial charge in [0, 0.05) is 22.9 Å². The van der Waals surface area contributed by atoms with Crippen LogP contribution in [-0.4, -0.2) is 56.8 Å². The van der Waals surface area contributed by atoms with Crippen molar-refractivity contribution in [2.45, 2.75) is 11.3 Å². The fourth-order valence-corrected chi connectivity index (χ4v) is 3.86. The summed E-state index contributed by atoms with van der Waals surface area (Å²) in [6.45, 7) is 0.511. The molecule has 9 nitrogen and oxygen atoms in total. The van der Waals surface area contributed by atoms with Crippen LogP contribution >= 0.6 is 15.9 Å². The Labute approximate surface area is 177 Å². The monoisotopic (exact) mass is 481 g/mol. The number of aromatic nitrogens is 1. The molecule has 1 aromatic heterocycles. The molecule has 3 N–H and O–H groups in total. The van der Waals surface area contributed by atoms with Crippen molar-refractivity contribution >= 4 is 49.3 Å². The molecule has 3 rings (SSSR count). The van der Waals surface area contributed by atoms with Crippen molar-refractivity contribution < 1.29 is 18.0 Å². The Bertz CT molecular complexity index is 1040. The highest BCUT2D eigenvalue weighted by atomic mass is 79.9. The van der Waals surface area contributed by atoms with E-state index in [-0.39, 0.29) is 29.8 Å². The molecule has 1 aliphatic rings. The zero-order chi connectivity index (χ0) is 21.2. The van der Waals surface area contributed by atoms with Gasteiger partial charge >= 0.3 is 0 Å². The van der Waals surface area contributed by atoms with Crippen molar-refractivity contribution in [3.63, 3.8) is 0 Å². The number of carbonyl (C=O) groups is 2. The van der Waals surface area contributed by atoms with Crippen molar-refractivity contribution in [3.05, 3.63) is 46.6 Å². The van der Waals surface area contributed by atoms with E-state index in [0.29, 0.717) is 24.5 Å². The first-order chi connectivity index (χ1) is 13.6. The summed E-state index contributed by atoms with van der Waals surface area (Å²) in [5, 5.41) is 7.83. The first kappa shape index (κ1) is 21.4. The summed E-state index contributed by atoms with van der Waals surface area (Å²) < 4.78 is 23.8. The van der Waals surface area contributed by atoms with Crippen LogP contribution in [0.3, 0.4) is 0 Å². The number of pyridine rings is 1. The summed E-state index contributed by atoms with van der Waals surface area (Å²) in [4.78, 5) is 32.1. The Morgan fingerprint density at radius 1 is 1.28 bits per heavy atom. The highest BCUT2D eigenvalue weighted by molar-refractivity contribution is 9.10. The molecule has 0 unspecified atom stereocenters. The molecule has 0 radical (unpaired) electrons. The molecule has 2 aromatic rings. The minimum atomic E-state index is -3.79. The van der Waals surface area contributed by atoms with Crippen LogP contribution < -0.4 is 15.4 Å². The molecule has 11 heteroatoms. The smallest absolute Gasteiger partial charge is 0.241 e. The fourth-order valence-electron chi connectivity index (χ4n) is 3.06. The number of hydrogen-bond acceptors (Lipinski definition) is 6. The summed E-state index contributed by atoms with van der Waals surface area (Å²) >= 11 is 3.27. The maximum Gasteiger partial charge on any atom is 0.241 e. The first-order valence-electron chi connectivity index (χ1n) is 8.69. The number of fused-ring (bicyclic) bond motifs is 1. The van der Waals surface area contributed by atoms with Gasteiger partial charge in [0.15, 0.2) is 0 Å². The zero-order valence-corrected chi connectivity index (χ0v) is 18.0. The van der Waals surface area contributed by atoms with Gasteiger partial charge in [-0.2, -0.15) is 0 Å². The standard InChI is InChI=1S/C18H20BrN5O4S/c1-23(10-17(25)22-16-5-2-13(19)9-21-16)11-18(26)24-7-6-12-8-14(29(20,27)28)3-4-15(12)24/h2-5,8-9H,6-7,10-11H2,1H3,(H2,20,27,28)(H,21,22,25). The molecule has 2 heterocycles. The van der Waals surface area contributed by atoms with E-state index in [1.807, 2.05) is 0 Å². The van der Waals surface area contributed by atoms with Gasteiger partial charge in [0.05, 0.1) is 18.0 Å². The molecule has 154 valence electrons. The second-order valence-electron chi connectivity index (χ2n) is 6.71. The summed E-state index contributed by atoms with van der Waals surface area (Å²) in [6, 6.07) is 7.92. The maximum absolute atomic E-state index is 12.7. The lowest BCUT2D eigenvalue weighted by Gasteiger charge is -2.22. The minimum absolute atomic E-state index is 0.0224. The topological polar surface area (TPSA) is 126 Å². The van der Waals surface area contributed by atoms with E-state index < -0.39 is 10.0 Å². The Kier molecular flexibility index (Phi) is 6.32. The van der Waals surface area contributed by atoms with Gasteiger partial charge in [-0.3, -0.25) is 14.5 Å². The predicted molar refractivity (Wildman–Crippen MR) is 112 cm³/mol. The van der Waals surface area contributed by atoms with Crippen LogP contribution in [0.5, 0.6) is 0 Å². The Morgan fingerprint density at radius 2 is 2.03 bits per heavy atom. The average Bonchev–Trinajstić information content (AvgIpc) is 3.06. The number of rotatable bonds is 6. The number of halogens is 1. The number of benzene rings is 1. The van der Waals surface area contributed by atoms with Crippen molar-refractivity contribution in [3.8, 4) is 0 Å². The third-order valence-electron chi connectivity index (χ3n) is 4.39. The summed E-state index contributed by atoms with van der Waals surface area (Å²) in [6.07, 6.45) is 2.12. The first-order valence-corrected chi connectivity index (χ1v) is 11.0. The van der Waals surface area contributed by atoms with E-state index in [2.05, 4.69) is 26.2 Å². The summed E-state index contributed by atoms with van der Waals surface area (Å²) in [5.74, 6) is -0.0315. The lowest BCUT2D eigenvalue weighted by molar-refractivity contribution is -0.120. The second kappa shape index (κ2) is 8.57. The summed E-state index contributed by atoms with van der Waals surface area (Å²) in [7, 11) is -2.11. The fraction of sp³-hybridized carbons (Fsp3) is 0.278. The maximum atomic E-state index is 12.7. The quantitative estimate of drug-likeness (QED) is 0.632. The number of sulfonamides is 1. The molecule has 1 aliphatic heterocycles. The van der Waals surface area contributed by atoms with Crippen LogP contribution in [0.1, 0.15) is 5.56 Å². The Balaban J connectivity index is 1.58. The number of hydrogen-bond donors (Lipinski definition) is 2. The van der Waals surface area contributed by atoms with Crippen molar-refractivity contribution in [2.24, 2.45) is 5.14 Å². The van der Waals surface area contributed by atoms with Crippen molar-refractivity contribution in [2.75, 3.05) is 36.9 Å². The van der Waals surface area contributed by atoms with E-state index in [1.165, 1.54) is 12.1 Å². The average molecular weight is 482 g/mol. The number of likely N-dealkylation sites (N-methyl/N-ethyl adjacent to an activating group) is 1. The molecule has 2 amide bonds. The van der Waals surface area contributed by atoms with Crippen molar-refractivity contribution in [1.29, 1.82) is 0 Å². The van der Waals surface area contributed by atoms with Gasteiger partial charge in [0.2, 0.25) is 21.8 Å². The molecule has 0 aliphatic carbocycles. The second-order valence-corrected chi connectivity index (χ2v) is 9.19. The highest BCUT2D eigenvalue weighted by Gasteiger charge is 2.26. The molecular weight excluding hydrogens is 462 g/mol. The van der Waals surface area contributed by atoms with Gasteiger partial charge in [-0.1, -0.05) is 0 Å². The Hall–Kier alpha value is -2.34. The van der Waals surface area contributed by atoms with Crippen LogP contribution in [0.15, 0.2) is 45.9 Å². The molecule has 0 bridgehead atoms. The van der Waals surface area contributed by atoms with Crippen LogP contribution in [-0.2, 0) is 26.0 Å². The third-order valence-corrected chi connectivity index (χ3v) is 5.77. The number of nitrogens with one attached hydrogen (secondary N) is 1. The van der Waals surface area contributed by atoms with Crippen LogP contribution in [0, 0.1) is 0 Å². The molecule has 1 aromatic carbocycles. The van der Waals surface area contributed by atoms with E-state index in [9.17, 15) is 18.0 Å². The van der Waals surface area contributed by atoms with Crippen LogP contribution in [0.2, 0.25) is 0 Å². The van der Waals surface area contributed by atoms with Gasteiger partial charge in [0.25, 0.3) is 0 Å². The van der Waals surface area contributed by atoms with Gasteiger partial charge in [-0.25, -0.2) is 18.5 Å². The number of carbonyl (C=O) groups excluding carboxylic acids is 2. The zero-order valence-electron chi connectivity index (χ0n) is 15.6. The van der Waals surface area contributed by atoms with E-state index in [0.717, 1.165) is 10.0 Å². The number of anilines is 2. The van der Waals surface area contributed by atoms with E-state index >= 15 is 0 Å². The van der Waals surface area contributed by atoms with Gasteiger partial charge in [0.1, 0.15) is 5.82 Å². The minimum Gasteiger partial charge on any atom is -0.311 e. The molecule has 29 heavy (non-hydrogen) atoms.